The maximum absolute atomic E-state index is 10.6. The molecular weight excluding hydrogens is 276 g/mol. The number of rotatable bonds is 7. The molecule has 110 valence electrons. The molecule has 0 spiro atoms. The summed E-state index contributed by atoms with van der Waals surface area (Å²) in [6, 6.07) is 6.01. The predicted octanol–water partition coefficient (Wildman–Crippen LogP) is 2.11. The first-order valence-corrected chi connectivity index (χ1v) is 6.42. The van der Waals surface area contributed by atoms with Gasteiger partial charge in [0.05, 0.1) is 4.92 Å². The molecule has 0 unspecified atom stereocenters. The van der Waals surface area contributed by atoms with Gasteiger partial charge < -0.3 is 5.11 Å². The number of aromatic nitrogens is 3. The van der Waals surface area contributed by atoms with Gasteiger partial charge >= 0.3 is 5.97 Å². The van der Waals surface area contributed by atoms with E-state index < -0.39 is 10.9 Å². The van der Waals surface area contributed by atoms with E-state index in [1.165, 1.54) is 12.1 Å². The van der Waals surface area contributed by atoms with Crippen LogP contribution in [-0.2, 0) is 11.3 Å². The Balaban J connectivity index is 1.96. The summed E-state index contributed by atoms with van der Waals surface area (Å²) >= 11 is 0. The number of carbonyl (C=O) groups is 1. The molecule has 2 aromatic rings. The van der Waals surface area contributed by atoms with Crippen LogP contribution in [0.3, 0.4) is 0 Å². The van der Waals surface area contributed by atoms with Crippen LogP contribution in [-0.4, -0.2) is 30.8 Å². The van der Waals surface area contributed by atoms with Crippen LogP contribution in [0.2, 0.25) is 0 Å². The summed E-state index contributed by atoms with van der Waals surface area (Å²) in [6.07, 6.45) is 3.00. The van der Waals surface area contributed by atoms with E-state index in [4.69, 9.17) is 5.11 Å². The third-order valence-electron chi connectivity index (χ3n) is 2.90. The Labute approximate surface area is 120 Å². The van der Waals surface area contributed by atoms with Crippen molar-refractivity contribution in [1.82, 2.24) is 14.8 Å². The van der Waals surface area contributed by atoms with Crippen molar-refractivity contribution in [2.24, 2.45) is 0 Å². The lowest BCUT2D eigenvalue weighted by atomic mass is 10.2. The molecule has 0 saturated heterocycles. The SMILES string of the molecule is O=C(O)CCCCn1cnc(-c2ccc([N+](=O)[O-])cc2)n1. The molecule has 0 aliphatic rings. The van der Waals surface area contributed by atoms with E-state index >= 15 is 0 Å². The van der Waals surface area contributed by atoms with E-state index in [9.17, 15) is 14.9 Å². The summed E-state index contributed by atoms with van der Waals surface area (Å²) in [7, 11) is 0. The molecule has 0 saturated carbocycles. The number of nitro benzene ring substituents is 1. The Morgan fingerprint density at radius 2 is 2.00 bits per heavy atom. The zero-order valence-corrected chi connectivity index (χ0v) is 11.2. The highest BCUT2D eigenvalue weighted by Gasteiger charge is 2.08. The monoisotopic (exact) mass is 290 g/mol. The van der Waals surface area contributed by atoms with Gasteiger partial charge in [-0.25, -0.2) is 4.98 Å². The number of carboxylic acid groups (broad SMARTS) is 1. The molecule has 1 N–H and O–H groups in total. The van der Waals surface area contributed by atoms with Crippen LogP contribution in [0.5, 0.6) is 0 Å². The van der Waals surface area contributed by atoms with E-state index in [-0.39, 0.29) is 12.1 Å². The molecule has 8 nitrogen and oxygen atoms in total. The number of aliphatic carboxylic acids is 1. The van der Waals surface area contributed by atoms with E-state index in [2.05, 4.69) is 10.1 Å². The zero-order valence-electron chi connectivity index (χ0n) is 11.2. The fourth-order valence-corrected chi connectivity index (χ4v) is 1.82. The Kier molecular flexibility index (Phi) is 4.60. The maximum atomic E-state index is 10.6. The van der Waals surface area contributed by atoms with Crippen molar-refractivity contribution in [3.05, 3.63) is 40.7 Å². The molecule has 1 aromatic heterocycles. The van der Waals surface area contributed by atoms with Gasteiger partial charge in [-0.15, -0.1) is 0 Å². The minimum absolute atomic E-state index is 0.0202. The number of unbranched alkanes of at least 4 members (excludes halogenated alkanes) is 1. The van der Waals surface area contributed by atoms with Crippen LogP contribution < -0.4 is 0 Å². The number of nitro groups is 1. The smallest absolute Gasteiger partial charge is 0.303 e. The predicted molar refractivity (Wildman–Crippen MR) is 73.6 cm³/mol. The van der Waals surface area contributed by atoms with Crippen LogP contribution in [0.4, 0.5) is 5.69 Å². The average molecular weight is 290 g/mol. The molecular formula is C13H14N4O4. The summed E-state index contributed by atoms with van der Waals surface area (Å²) in [6.45, 7) is 0.591. The molecule has 0 bridgehead atoms. The molecule has 0 aliphatic carbocycles. The van der Waals surface area contributed by atoms with Crippen LogP contribution in [0.1, 0.15) is 19.3 Å². The van der Waals surface area contributed by atoms with E-state index in [1.54, 1.807) is 23.1 Å². The van der Waals surface area contributed by atoms with Crippen molar-refractivity contribution in [3.8, 4) is 11.4 Å². The van der Waals surface area contributed by atoms with Crippen LogP contribution >= 0.6 is 0 Å². The van der Waals surface area contributed by atoms with Crippen molar-refractivity contribution in [1.29, 1.82) is 0 Å². The van der Waals surface area contributed by atoms with Crippen molar-refractivity contribution >= 4 is 11.7 Å². The van der Waals surface area contributed by atoms with Gasteiger partial charge in [-0.1, -0.05) is 0 Å². The highest BCUT2D eigenvalue weighted by atomic mass is 16.6. The fraction of sp³-hybridized carbons (Fsp3) is 0.308. The highest BCUT2D eigenvalue weighted by molar-refractivity contribution is 5.66. The third kappa shape index (κ3) is 4.10. The lowest BCUT2D eigenvalue weighted by Crippen LogP contribution is -2.01. The number of benzene rings is 1. The number of aryl methyl sites for hydroxylation is 1. The minimum Gasteiger partial charge on any atom is -0.481 e. The molecule has 8 heteroatoms. The second kappa shape index (κ2) is 6.60. The highest BCUT2D eigenvalue weighted by Crippen LogP contribution is 2.18. The van der Waals surface area contributed by atoms with Crippen molar-refractivity contribution in [3.63, 3.8) is 0 Å². The molecule has 1 aromatic carbocycles. The first-order chi connectivity index (χ1) is 10.1. The van der Waals surface area contributed by atoms with Gasteiger partial charge in [0, 0.05) is 30.7 Å². The molecule has 0 atom stereocenters. The summed E-state index contributed by atoms with van der Waals surface area (Å²) in [5, 5.41) is 23.4. The lowest BCUT2D eigenvalue weighted by Gasteiger charge is -1.99. The Bertz CT molecular complexity index is 636. The van der Waals surface area contributed by atoms with Crippen LogP contribution in [0, 0.1) is 10.1 Å². The van der Waals surface area contributed by atoms with Crippen LogP contribution in [0.25, 0.3) is 11.4 Å². The van der Waals surface area contributed by atoms with E-state index in [1.807, 2.05) is 0 Å². The van der Waals surface area contributed by atoms with Gasteiger partial charge in [0.15, 0.2) is 5.82 Å². The minimum atomic E-state index is -0.805. The van der Waals surface area contributed by atoms with E-state index in [0.717, 1.165) is 0 Å². The molecule has 1 heterocycles. The van der Waals surface area contributed by atoms with Gasteiger partial charge in [0.25, 0.3) is 5.69 Å². The summed E-state index contributed by atoms with van der Waals surface area (Å²) in [5.74, 6) is -0.316. The Morgan fingerprint density at radius 1 is 1.29 bits per heavy atom. The number of non-ortho nitro benzene ring substituents is 1. The number of carboxylic acids is 1. The standard InChI is InChI=1S/C13H14N4O4/c18-12(19)3-1-2-8-16-9-14-13(15-16)10-4-6-11(7-5-10)17(20)21/h4-7,9H,1-3,8H2,(H,18,19). The van der Waals surface area contributed by atoms with Crippen molar-refractivity contribution in [2.75, 3.05) is 0 Å². The quantitative estimate of drug-likeness (QED) is 0.475. The maximum Gasteiger partial charge on any atom is 0.303 e. The summed E-state index contributed by atoms with van der Waals surface area (Å²) in [4.78, 5) is 24.6. The molecule has 0 radical (unpaired) electrons. The summed E-state index contributed by atoms with van der Waals surface area (Å²) < 4.78 is 1.64. The topological polar surface area (TPSA) is 111 Å². The Morgan fingerprint density at radius 3 is 2.62 bits per heavy atom. The normalized spacial score (nSPS) is 10.5. The molecule has 0 amide bonds. The number of hydrogen-bond acceptors (Lipinski definition) is 5. The molecule has 0 fully saturated rings. The largest absolute Gasteiger partial charge is 0.481 e. The lowest BCUT2D eigenvalue weighted by molar-refractivity contribution is -0.384. The Hall–Kier alpha value is -2.77. The first kappa shape index (κ1) is 14.6. The van der Waals surface area contributed by atoms with Crippen LogP contribution in [0.15, 0.2) is 30.6 Å². The van der Waals surface area contributed by atoms with Gasteiger partial charge in [-0.2, -0.15) is 5.10 Å². The van der Waals surface area contributed by atoms with Gasteiger partial charge in [0.1, 0.15) is 6.33 Å². The second-order valence-electron chi connectivity index (χ2n) is 4.49. The van der Waals surface area contributed by atoms with Gasteiger partial charge in [-0.05, 0) is 25.0 Å². The van der Waals surface area contributed by atoms with Gasteiger partial charge in [-0.3, -0.25) is 19.6 Å². The fourth-order valence-electron chi connectivity index (χ4n) is 1.82. The second-order valence-corrected chi connectivity index (χ2v) is 4.49. The third-order valence-corrected chi connectivity index (χ3v) is 2.90. The molecule has 21 heavy (non-hydrogen) atoms. The average Bonchev–Trinajstić information content (AvgIpc) is 2.92. The molecule has 2 rings (SSSR count). The zero-order chi connectivity index (χ0) is 15.2. The van der Waals surface area contributed by atoms with Crippen molar-refractivity contribution in [2.45, 2.75) is 25.8 Å². The number of nitrogens with zero attached hydrogens (tertiary/aromatic N) is 4. The summed E-state index contributed by atoms with van der Waals surface area (Å²) in [5.41, 5.74) is 0.719. The molecule has 0 aliphatic heterocycles. The van der Waals surface area contributed by atoms with Crippen molar-refractivity contribution < 1.29 is 14.8 Å². The first-order valence-electron chi connectivity index (χ1n) is 6.42. The number of hydrogen-bond donors (Lipinski definition) is 1. The van der Waals surface area contributed by atoms with Gasteiger partial charge in [0.2, 0.25) is 0 Å². The van der Waals surface area contributed by atoms with E-state index in [0.29, 0.717) is 30.8 Å².